The summed E-state index contributed by atoms with van der Waals surface area (Å²) in [6.45, 7) is 3.21. The van der Waals surface area contributed by atoms with E-state index in [0.717, 1.165) is 44.0 Å². The molecule has 0 spiro atoms. The van der Waals surface area contributed by atoms with Crippen molar-refractivity contribution in [2.24, 2.45) is 0 Å². The summed E-state index contributed by atoms with van der Waals surface area (Å²) in [5.74, 6) is 2.28. The van der Waals surface area contributed by atoms with E-state index in [-0.39, 0.29) is 6.10 Å². The van der Waals surface area contributed by atoms with Gasteiger partial charge < -0.3 is 14.4 Å². The first-order chi connectivity index (χ1) is 13.3. The van der Waals surface area contributed by atoms with Crippen LogP contribution in [0.25, 0.3) is 0 Å². The lowest BCUT2D eigenvalue weighted by molar-refractivity contribution is 0.0967. The average Bonchev–Trinajstić information content (AvgIpc) is 3.11. The molecule has 0 amide bonds. The molecule has 1 unspecified atom stereocenters. The third kappa shape index (κ3) is 3.94. The van der Waals surface area contributed by atoms with Crippen LogP contribution in [0.2, 0.25) is 0 Å². The van der Waals surface area contributed by atoms with Crippen LogP contribution in [0.1, 0.15) is 41.9 Å². The highest BCUT2D eigenvalue weighted by Crippen LogP contribution is 2.36. The van der Waals surface area contributed by atoms with Crippen molar-refractivity contribution in [2.75, 3.05) is 26.7 Å². The molecule has 1 heterocycles. The van der Waals surface area contributed by atoms with Crippen molar-refractivity contribution in [3.63, 3.8) is 0 Å². The van der Waals surface area contributed by atoms with E-state index in [9.17, 15) is 5.26 Å². The molecule has 27 heavy (non-hydrogen) atoms. The molecule has 1 fully saturated rings. The molecule has 1 saturated heterocycles. The molecule has 4 nitrogen and oxygen atoms in total. The number of ether oxygens (including phenoxy) is 2. The lowest BCUT2D eigenvalue weighted by atomic mass is 9.98. The van der Waals surface area contributed by atoms with E-state index in [1.165, 1.54) is 24.0 Å². The predicted octanol–water partition coefficient (Wildman–Crippen LogP) is 4.14. The van der Waals surface area contributed by atoms with Gasteiger partial charge in [-0.3, -0.25) is 0 Å². The molecule has 1 atom stereocenters. The van der Waals surface area contributed by atoms with Gasteiger partial charge in [-0.25, -0.2) is 0 Å². The number of likely N-dealkylation sites (tertiary alicyclic amines) is 1. The fourth-order valence-corrected chi connectivity index (χ4v) is 4.35. The summed E-state index contributed by atoms with van der Waals surface area (Å²) in [4.78, 5) is 2.56. The van der Waals surface area contributed by atoms with Crippen LogP contribution in [0, 0.1) is 11.3 Å². The smallest absolute Gasteiger partial charge is 0.137 e. The van der Waals surface area contributed by atoms with Crippen molar-refractivity contribution in [2.45, 2.75) is 37.7 Å². The maximum absolute atomic E-state index is 9.22. The normalized spacial score (nSPS) is 20.1. The Morgan fingerprint density at radius 3 is 2.70 bits per heavy atom. The summed E-state index contributed by atoms with van der Waals surface area (Å²) in [6, 6.07) is 16.3. The molecule has 0 bridgehead atoms. The van der Waals surface area contributed by atoms with Gasteiger partial charge in [-0.15, -0.1) is 0 Å². The Bertz CT molecular complexity index is 835. The van der Waals surface area contributed by atoms with Crippen LogP contribution in [-0.4, -0.2) is 37.7 Å². The van der Waals surface area contributed by atoms with Crippen molar-refractivity contribution in [3.8, 4) is 17.6 Å². The van der Waals surface area contributed by atoms with Crippen LogP contribution in [0.15, 0.2) is 42.5 Å². The van der Waals surface area contributed by atoms with Crippen molar-refractivity contribution >= 4 is 0 Å². The summed E-state index contributed by atoms with van der Waals surface area (Å²) in [5.41, 5.74) is 3.57. The molecule has 4 rings (SSSR count). The standard InChI is InChI=1S/C23H26N2O2/c1-26-21-9-8-17-6-7-19(22(17)14-21)16-25-12-10-20(11-13-25)27-23-5-3-2-4-18(23)15-24/h2-5,8-9,14,19-20H,6-7,10-13,16H2,1H3. The molecule has 0 aromatic heterocycles. The minimum absolute atomic E-state index is 0.201. The Hall–Kier alpha value is -2.51. The highest BCUT2D eigenvalue weighted by molar-refractivity contribution is 5.43. The van der Waals surface area contributed by atoms with Crippen molar-refractivity contribution in [1.82, 2.24) is 4.90 Å². The van der Waals surface area contributed by atoms with Crippen molar-refractivity contribution in [1.29, 1.82) is 5.26 Å². The number of nitrogens with zero attached hydrogens (tertiary/aromatic N) is 2. The topological polar surface area (TPSA) is 45.5 Å². The third-order valence-electron chi connectivity index (χ3n) is 5.87. The van der Waals surface area contributed by atoms with E-state index >= 15 is 0 Å². The van der Waals surface area contributed by atoms with Gasteiger partial charge in [0, 0.05) is 19.6 Å². The number of fused-ring (bicyclic) bond motifs is 1. The lowest BCUT2D eigenvalue weighted by Gasteiger charge is -2.34. The number of nitriles is 1. The number of piperidine rings is 1. The van der Waals surface area contributed by atoms with Crippen LogP contribution in [0.3, 0.4) is 0 Å². The Morgan fingerprint density at radius 1 is 1.11 bits per heavy atom. The molecule has 1 aliphatic carbocycles. The maximum Gasteiger partial charge on any atom is 0.137 e. The molecule has 140 valence electrons. The second-order valence-electron chi connectivity index (χ2n) is 7.53. The zero-order chi connectivity index (χ0) is 18.6. The van der Waals surface area contributed by atoms with Crippen molar-refractivity contribution in [3.05, 3.63) is 59.2 Å². The second-order valence-corrected chi connectivity index (χ2v) is 7.53. The molecule has 0 N–H and O–H groups in total. The predicted molar refractivity (Wildman–Crippen MR) is 105 cm³/mol. The third-order valence-corrected chi connectivity index (χ3v) is 5.87. The van der Waals surface area contributed by atoms with Crippen LogP contribution < -0.4 is 9.47 Å². The van der Waals surface area contributed by atoms with E-state index in [2.05, 4.69) is 29.2 Å². The molecule has 0 saturated carbocycles. The fraction of sp³-hybridized carbons (Fsp3) is 0.435. The highest BCUT2D eigenvalue weighted by atomic mass is 16.5. The Balaban J connectivity index is 1.33. The van der Waals surface area contributed by atoms with Crippen LogP contribution in [-0.2, 0) is 6.42 Å². The van der Waals surface area contributed by atoms with Gasteiger partial charge in [0.2, 0.25) is 0 Å². The number of hydrogen-bond donors (Lipinski definition) is 0. The Morgan fingerprint density at radius 2 is 1.93 bits per heavy atom. The largest absolute Gasteiger partial charge is 0.497 e. The van der Waals surface area contributed by atoms with E-state index in [1.807, 2.05) is 24.3 Å². The molecule has 0 radical (unpaired) electrons. The Labute approximate surface area is 161 Å². The summed E-state index contributed by atoms with van der Waals surface area (Å²) in [6.07, 6.45) is 4.63. The number of hydrogen-bond acceptors (Lipinski definition) is 4. The van der Waals surface area contributed by atoms with E-state index in [4.69, 9.17) is 9.47 Å². The van der Waals surface area contributed by atoms with Crippen LogP contribution >= 0.6 is 0 Å². The average molecular weight is 362 g/mol. The van der Waals surface area contributed by atoms with E-state index < -0.39 is 0 Å². The summed E-state index contributed by atoms with van der Waals surface area (Å²) < 4.78 is 11.5. The van der Waals surface area contributed by atoms with Crippen LogP contribution in [0.4, 0.5) is 0 Å². The monoisotopic (exact) mass is 362 g/mol. The van der Waals surface area contributed by atoms with E-state index in [1.54, 1.807) is 7.11 Å². The summed E-state index contributed by atoms with van der Waals surface area (Å²) in [5, 5.41) is 9.22. The molecule has 2 aromatic carbocycles. The molecule has 4 heteroatoms. The van der Waals surface area contributed by atoms with Gasteiger partial charge in [0.1, 0.15) is 23.7 Å². The molecular formula is C23H26N2O2. The van der Waals surface area contributed by atoms with Gasteiger partial charge >= 0.3 is 0 Å². The molecular weight excluding hydrogens is 336 g/mol. The lowest BCUT2D eigenvalue weighted by Crippen LogP contribution is -2.40. The fourth-order valence-electron chi connectivity index (χ4n) is 4.35. The van der Waals surface area contributed by atoms with Gasteiger partial charge in [-0.05, 0) is 67.0 Å². The molecule has 1 aliphatic heterocycles. The maximum atomic E-state index is 9.22. The van der Waals surface area contributed by atoms with Gasteiger partial charge in [0.25, 0.3) is 0 Å². The minimum atomic E-state index is 0.201. The number of methoxy groups -OCH3 is 1. The van der Waals surface area contributed by atoms with Crippen molar-refractivity contribution < 1.29 is 9.47 Å². The van der Waals surface area contributed by atoms with E-state index in [0.29, 0.717) is 11.5 Å². The number of aryl methyl sites for hydroxylation is 1. The highest BCUT2D eigenvalue weighted by Gasteiger charge is 2.28. The summed E-state index contributed by atoms with van der Waals surface area (Å²) >= 11 is 0. The zero-order valence-electron chi connectivity index (χ0n) is 15.9. The van der Waals surface area contributed by atoms with Gasteiger partial charge in [0.05, 0.1) is 12.7 Å². The first kappa shape index (κ1) is 17.9. The number of benzene rings is 2. The van der Waals surface area contributed by atoms with Gasteiger partial charge in [-0.1, -0.05) is 18.2 Å². The molecule has 2 aliphatic rings. The van der Waals surface area contributed by atoms with Gasteiger partial charge in [0.15, 0.2) is 0 Å². The van der Waals surface area contributed by atoms with Crippen LogP contribution in [0.5, 0.6) is 11.5 Å². The SMILES string of the molecule is COc1ccc2c(c1)C(CN1CCC(Oc3ccccc3C#N)CC1)CC2. The quantitative estimate of drug-likeness (QED) is 0.802. The number of rotatable bonds is 5. The first-order valence-electron chi connectivity index (χ1n) is 9.82. The minimum Gasteiger partial charge on any atom is -0.497 e. The summed E-state index contributed by atoms with van der Waals surface area (Å²) in [7, 11) is 1.74. The zero-order valence-corrected chi connectivity index (χ0v) is 15.9. The van der Waals surface area contributed by atoms with Gasteiger partial charge in [-0.2, -0.15) is 5.26 Å². The molecule has 2 aromatic rings. The first-order valence-corrected chi connectivity index (χ1v) is 9.82. The second kappa shape index (κ2) is 8.02. The number of para-hydroxylation sites is 1. The Kier molecular flexibility index (Phi) is 5.31.